The molecule has 0 saturated carbocycles. The highest BCUT2D eigenvalue weighted by atomic mass is 35.5. The Balaban J connectivity index is 1.81. The van der Waals surface area contributed by atoms with Crippen LogP contribution < -0.4 is 11.1 Å². The van der Waals surface area contributed by atoms with Gasteiger partial charge in [-0.1, -0.05) is 30.7 Å². The first-order valence-electron chi connectivity index (χ1n) is 9.39. The fourth-order valence-electron chi connectivity index (χ4n) is 3.50. The number of aryl methyl sites for hydroxylation is 1. The van der Waals surface area contributed by atoms with Gasteiger partial charge in [0.2, 0.25) is 5.91 Å². The number of likely N-dealkylation sites (tertiary alicyclic amines) is 1. The van der Waals surface area contributed by atoms with Crippen LogP contribution in [0.1, 0.15) is 47.3 Å². The second kappa shape index (κ2) is 8.61. The summed E-state index contributed by atoms with van der Waals surface area (Å²) in [7, 11) is 0. The maximum Gasteiger partial charge on any atom is 0.313 e. The molecular formula is C21H23ClN4O3. The topological polar surface area (TPSA) is 105 Å². The number of nitrogens with zero attached hydrogens (tertiary/aromatic N) is 2. The van der Waals surface area contributed by atoms with Crippen molar-refractivity contribution in [2.45, 2.75) is 32.7 Å². The molecule has 0 bridgehead atoms. The Hall–Kier alpha value is -2.93. The first kappa shape index (κ1) is 20.8. The van der Waals surface area contributed by atoms with Crippen molar-refractivity contribution in [2.24, 2.45) is 11.7 Å². The number of halogens is 1. The van der Waals surface area contributed by atoms with Crippen molar-refractivity contribution in [3.63, 3.8) is 0 Å². The van der Waals surface area contributed by atoms with Crippen LogP contribution in [0.2, 0.25) is 5.02 Å². The largest absolute Gasteiger partial charge is 0.366 e. The molecule has 3 N–H and O–H groups in total. The van der Waals surface area contributed by atoms with E-state index in [1.54, 1.807) is 4.90 Å². The molecule has 2 unspecified atom stereocenters. The van der Waals surface area contributed by atoms with Crippen LogP contribution >= 0.6 is 11.6 Å². The van der Waals surface area contributed by atoms with Gasteiger partial charge in [-0.25, -0.2) is 0 Å². The summed E-state index contributed by atoms with van der Waals surface area (Å²) in [5.74, 6) is -1.81. The molecule has 1 aliphatic rings. The number of benzene rings is 1. The minimum atomic E-state index is -0.786. The quantitative estimate of drug-likeness (QED) is 0.752. The highest BCUT2D eigenvalue weighted by molar-refractivity contribution is 6.39. The van der Waals surface area contributed by atoms with Crippen LogP contribution in [0.25, 0.3) is 0 Å². The number of hydrogen-bond donors (Lipinski definition) is 2. The van der Waals surface area contributed by atoms with E-state index in [-0.39, 0.29) is 23.2 Å². The highest BCUT2D eigenvalue weighted by Crippen LogP contribution is 2.35. The van der Waals surface area contributed by atoms with Gasteiger partial charge in [0.25, 0.3) is 0 Å². The number of carbonyl (C=O) groups is 3. The van der Waals surface area contributed by atoms with Crippen molar-refractivity contribution in [1.82, 2.24) is 9.88 Å². The molecule has 1 aromatic carbocycles. The number of rotatable bonds is 3. The molecule has 152 valence electrons. The molecule has 2 atom stereocenters. The van der Waals surface area contributed by atoms with Gasteiger partial charge in [0.15, 0.2) is 0 Å². The molecule has 1 aromatic heterocycles. The van der Waals surface area contributed by atoms with Crippen LogP contribution in [0, 0.1) is 12.8 Å². The van der Waals surface area contributed by atoms with Crippen molar-refractivity contribution >= 4 is 35.0 Å². The van der Waals surface area contributed by atoms with E-state index in [0.717, 1.165) is 24.0 Å². The maximum absolute atomic E-state index is 13.0. The smallest absolute Gasteiger partial charge is 0.313 e. The third-order valence-corrected chi connectivity index (χ3v) is 5.54. The average molecular weight is 415 g/mol. The third kappa shape index (κ3) is 4.74. The number of pyridine rings is 1. The van der Waals surface area contributed by atoms with Crippen LogP contribution in [-0.4, -0.2) is 34.2 Å². The van der Waals surface area contributed by atoms with Crippen molar-refractivity contribution in [1.29, 1.82) is 0 Å². The van der Waals surface area contributed by atoms with E-state index >= 15 is 0 Å². The monoisotopic (exact) mass is 414 g/mol. The number of nitrogens with two attached hydrogens (primary N) is 1. The Kier molecular flexibility index (Phi) is 6.17. The lowest BCUT2D eigenvalue weighted by Crippen LogP contribution is -2.46. The summed E-state index contributed by atoms with van der Waals surface area (Å²) in [5.41, 5.74) is 7.48. The Morgan fingerprint density at radius 1 is 1.21 bits per heavy atom. The van der Waals surface area contributed by atoms with Crippen LogP contribution in [-0.2, 0) is 9.59 Å². The molecule has 0 spiro atoms. The molecule has 1 aliphatic heterocycles. The number of amides is 3. The molecule has 3 amide bonds. The lowest BCUT2D eigenvalue weighted by atomic mass is 9.89. The zero-order chi connectivity index (χ0) is 21.1. The Morgan fingerprint density at radius 2 is 1.97 bits per heavy atom. The normalized spacial score (nSPS) is 18.9. The average Bonchev–Trinajstić information content (AvgIpc) is 2.69. The maximum atomic E-state index is 13.0. The van der Waals surface area contributed by atoms with Gasteiger partial charge < -0.3 is 16.0 Å². The molecule has 2 aromatic rings. The van der Waals surface area contributed by atoms with Gasteiger partial charge in [-0.3, -0.25) is 19.4 Å². The number of nitrogens with one attached hydrogen (secondary N) is 1. The summed E-state index contributed by atoms with van der Waals surface area (Å²) in [6.45, 7) is 4.44. The fraction of sp³-hybridized carbons (Fsp3) is 0.333. The number of anilines is 1. The minimum absolute atomic E-state index is 0.147. The number of piperidine rings is 1. The van der Waals surface area contributed by atoms with Crippen LogP contribution in [0.4, 0.5) is 5.69 Å². The molecule has 1 fully saturated rings. The van der Waals surface area contributed by atoms with Crippen LogP contribution in [0.3, 0.4) is 0 Å². The number of hydrogen-bond acceptors (Lipinski definition) is 4. The van der Waals surface area contributed by atoms with Crippen molar-refractivity contribution in [3.8, 4) is 0 Å². The van der Waals surface area contributed by atoms with Crippen molar-refractivity contribution in [2.75, 3.05) is 11.9 Å². The van der Waals surface area contributed by atoms with Crippen molar-refractivity contribution in [3.05, 3.63) is 58.4 Å². The molecule has 3 rings (SSSR count). The highest BCUT2D eigenvalue weighted by Gasteiger charge is 2.34. The molecule has 7 nitrogen and oxygen atoms in total. The molecule has 1 saturated heterocycles. The third-order valence-electron chi connectivity index (χ3n) is 5.13. The van der Waals surface area contributed by atoms with Gasteiger partial charge in [-0.15, -0.1) is 0 Å². The summed E-state index contributed by atoms with van der Waals surface area (Å²) < 4.78 is 0. The first-order chi connectivity index (χ1) is 13.8. The van der Waals surface area contributed by atoms with E-state index in [1.165, 1.54) is 18.5 Å². The zero-order valence-electron chi connectivity index (χ0n) is 16.3. The Morgan fingerprint density at radius 3 is 2.66 bits per heavy atom. The molecular weight excluding hydrogens is 392 g/mol. The first-order valence-corrected chi connectivity index (χ1v) is 9.77. The Bertz CT molecular complexity index is 963. The second-order valence-electron chi connectivity index (χ2n) is 7.45. The van der Waals surface area contributed by atoms with Crippen LogP contribution in [0.5, 0.6) is 0 Å². The summed E-state index contributed by atoms with van der Waals surface area (Å²) in [6, 6.07) is 6.88. The standard InChI is InChI=1S/C21H23ClN4O3/c1-12-3-6-18(14-5-4-13(2)17(22)8-14)26(11-12)21(29)20(28)25-16-7-15(19(23)27)9-24-10-16/h4-5,7-10,12,18H,3,6,11H2,1-2H3,(H2,23,27)(H,25,28). The van der Waals surface area contributed by atoms with Gasteiger partial charge in [0.1, 0.15) is 0 Å². The van der Waals surface area contributed by atoms with Gasteiger partial charge in [-0.05, 0) is 48.9 Å². The fourth-order valence-corrected chi connectivity index (χ4v) is 3.69. The van der Waals surface area contributed by atoms with E-state index in [9.17, 15) is 14.4 Å². The summed E-state index contributed by atoms with van der Waals surface area (Å²) in [5, 5.41) is 3.15. The SMILES string of the molecule is Cc1ccc(C2CCC(C)CN2C(=O)C(=O)Nc2cncc(C(N)=O)c2)cc1Cl. The molecule has 0 radical (unpaired) electrons. The van der Waals surface area contributed by atoms with E-state index in [0.29, 0.717) is 11.6 Å². The summed E-state index contributed by atoms with van der Waals surface area (Å²) in [4.78, 5) is 42.3. The Labute approximate surface area is 174 Å². The summed E-state index contributed by atoms with van der Waals surface area (Å²) >= 11 is 6.27. The van der Waals surface area contributed by atoms with E-state index < -0.39 is 17.7 Å². The van der Waals surface area contributed by atoms with E-state index in [4.69, 9.17) is 17.3 Å². The minimum Gasteiger partial charge on any atom is -0.366 e. The van der Waals surface area contributed by atoms with Gasteiger partial charge in [0, 0.05) is 17.8 Å². The number of carbonyl (C=O) groups excluding carboxylic acids is 3. The number of aromatic nitrogens is 1. The molecule has 0 aliphatic carbocycles. The second-order valence-corrected chi connectivity index (χ2v) is 7.85. The van der Waals surface area contributed by atoms with Crippen LogP contribution in [0.15, 0.2) is 36.7 Å². The predicted octanol–water partition coefficient (Wildman–Crippen LogP) is 3.08. The lowest BCUT2D eigenvalue weighted by Gasteiger charge is -2.38. The molecule has 29 heavy (non-hydrogen) atoms. The summed E-state index contributed by atoms with van der Waals surface area (Å²) in [6.07, 6.45) is 4.35. The molecule has 8 heteroatoms. The van der Waals surface area contributed by atoms with Gasteiger partial charge >= 0.3 is 11.8 Å². The van der Waals surface area contributed by atoms with Gasteiger partial charge in [-0.2, -0.15) is 0 Å². The number of primary amides is 1. The zero-order valence-corrected chi connectivity index (χ0v) is 17.1. The van der Waals surface area contributed by atoms with E-state index in [1.807, 2.05) is 25.1 Å². The predicted molar refractivity (Wildman–Crippen MR) is 110 cm³/mol. The lowest BCUT2D eigenvalue weighted by molar-refractivity contribution is -0.146. The van der Waals surface area contributed by atoms with Crippen molar-refractivity contribution < 1.29 is 14.4 Å². The van der Waals surface area contributed by atoms with E-state index in [2.05, 4.69) is 17.2 Å². The van der Waals surface area contributed by atoms with Gasteiger partial charge in [0.05, 0.1) is 23.5 Å². The molecule has 2 heterocycles.